The molecule has 118 valence electrons. The van der Waals surface area contributed by atoms with Crippen molar-refractivity contribution in [2.45, 2.75) is 51.4 Å². The normalized spacial score (nSPS) is 23.2. The van der Waals surface area contributed by atoms with Crippen LogP contribution >= 0.6 is 0 Å². The van der Waals surface area contributed by atoms with Gasteiger partial charge in [-0.05, 0) is 37.7 Å². The highest BCUT2D eigenvalue weighted by Crippen LogP contribution is 2.28. The van der Waals surface area contributed by atoms with E-state index in [9.17, 15) is 18.0 Å². The third-order valence-electron chi connectivity index (χ3n) is 4.11. The van der Waals surface area contributed by atoms with Crippen molar-refractivity contribution in [2.24, 2.45) is 5.92 Å². The molecule has 0 saturated heterocycles. The molecule has 1 fully saturated rings. The predicted molar refractivity (Wildman–Crippen MR) is 75.1 cm³/mol. The van der Waals surface area contributed by atoms with E-state index in [0.717, 1.165) is 41.7 Å². The Hall–Kier alpha value is -1.30. The van der Waals surface area contributed by atoms with Crippen LogP contribution in [-0.2, 0) is 12.7 Å². The summed E-state index contributed by atoms with van der Waals surface area (Å²) in [7, 11) is 0. The fourth-order valence-corrected chi connectivity index (χ4v) is 2.73. The molecule has 0 amide bonds. The van der Waals surface area contributed by atoms with E-state index in [2.05, 4.69) is 12.2 Å². The monoisotopic (exact) mass is 302 g/mol. The van der Waals surface area contributed by atoms with Gasteiger partial charge in [-0.25, -0.2) is 0 Å². The largest absolute Gasteiger partial charge is 0.417 e. The van der Waals surface area contributed by atoms with Gasteiger partial charge in [0.1, 0.15) is 0 Å². The Balaban J connectivity index is 1.89. The molecule has 1 aromatic heterocycles. The summed E-state index contributed by atoms with van der Waals surface area (Å²) in [6.45, 7) is 3.01. The zero-order chi connectivity index (χ0) is 15.5. The van der Waals surface area contributed by atoms with E-state index in [4.69, 9.17) is 0 Å². The van der Waals surface area contributed by atoms with Gasteiger partial charge in [0.05, 0.1) is 5.56 Å². The van der Waals surface area contributed by atoms with Crippen molar-refractivity contribution in [1.82, 2.24) is 9.88 Å². The summed E-state index contributed by atoms with van der Waals surface area (Å²) in [6.07, 6.45) is 1.04. The van der Waals surface area contributed by atoms with Crippen molar-refractivity contribution in [2.75, 3.05) is 6.54 Å². The minimum Gasteiger partial charge on any atom is -0.314 e. The maximum Gasteiger partial charge on any atom is 0.417 e. The lowest BCUT2D eigenvalue weighted by Gasteiger charge is -2.27. The minimum atomic E-state index is -4.41. The van der Waals surface area contributed by atoms with Crippen LogP contribution in [0.3, 0.4) is 0 Å². The first-order valence-corrected chi connectivity index (χ1v) is 7.37. The van der Waals surface area contributed by atoms with E-state index in [1.165, 1.54) is 12.8 Å². The van der Waals surface area contributed by atoms with E-state index in [-0.39, 0.29) is 6.54 Å². The van der Waals surface area contributed by atoms with Crippen LogP contribution in [0.2, 0.25) is 0 Å². The number of nitrogens with zero attached hydrogens (tertiary/aromatic N) is 1. The van der Waals surface area contributed by atoms with Gasteiger partial charge in [0.25, 0.3) is 5.56 Å². The number of hydrogen-bond donors (Lipinski definition) is 1. The molecule has 0 unspecified atom stereocenters. The summed E-state index contributed by atoms with van der Waals surface area (Å²) < 4.78 is 39.0. The topological polar surface area (TPSA) is 34.0 Å². The van der Waals surface area contributed by atoms with Crippen LogP contribution in [0.25, 0.3) is 0 Å². The van der Waals surface area contributed by atoms with Crippen molar-refractivity contribution in [3.8, 4) is 0 Å². The van der Waals surface area contributed by atoms with Crippen molar-refractivity contribution >= 4 is 0 Å². The van der Waals surface area contributed by atoms with Crippen LogP contribution in [0.4, 0.5) is 13.2 Å². The minimum absolute atomic E-state index is 0.259. The van der Waals surface area contributed by atoms with Crippen LogP contribution in [0.5, 0.6) is 0 Å². The highest BCUT2D eigenvalue weighted by Gasteiger charge is 2.31. The second-order valence-corrected chi connectivity index (χ2v) is 5.86. The molecule has 1 aromatic rings. The average Bonchev–Trinajstić information content (AvgIpc) is 2.42. The van der Waals surface area contributed by atoms with Gasteiger partial charge in [-0.2, -0.15) is 13.2 Å². The first-order chi connectivity index (χ1) is 9.86. The molecule has 21 heavy (non-hydrogen) atoms. The van der Waals surface area contributed by atoms with Gasteiger partial charge in [0.15, 0.2) is 0 Å². The van der Waals surface area contributed by atoms with Gasteiger partial charge in [-0.3, -0.25) is 4.79 Å². The summed E-state index contributed by atoms with van der Waals surface area (Å²) in [6, 6.07) is 2.22. The molecular formula is C15H21F3N2O. The Morgan fingerprint density at radius 3 is 2.52 bits per heavy atom. The number of alkyl halides is 3. The maximum absolute atomic E-state index is 12.6. The number of halogens is 3. The van der Waals surface area contributed by atoms with E-state index in [1.54, 1.807) is 0 Å². The van der Waals surface area contributed by atoms with Gasteiger partial charge < -0.3 is 9.88 Å². The van der Waals surface area contributed by atoms with Crippen molar-refractivity contribution in [1.29, 1.82) is 0 Å². The number of rotatable bonds is 4. The number of pyridine rings is 1. The second-order valence-electron chi connectivity index (χ2n) is 5.86. The third kappa shape index (κ3) is 4.59. The Morgan fingerprint density at radius 2 is 1.90 bits per heavy atom. The van der Waals surface area contributed by atoms with Gasteiger partial charge >= 0.3 is 6.18 Å². The Labute approximate surface area is 122 Å². The zero-order valence-corrected chi connectivity index (χ0v) is 12.1. The third-order valence-corrected chi connectivity index (χ3v) is 4.11. The number of nitrogens with one attached hydrogen (secondary N) is 1. The standard InChI is InChI=1S/C15H21F3N2O/c1-11-2-5-13(6-3-11)19-8-9-20-10-12(15(16,17)18)4-7-14(20)21/h4,7,10-11,13,19H,2-3,5-6,8-9H2,1H3. The van der Waals surface area contributed by atoms with E-state index in [0.29, 0.717) is 12.6 Å². The second kappa shape index (κ2) is 6.64. The fourth-order valence-electron chi connectivity index (χ4n) is 2.73. The highest BCUT2D eigenvalue weighted by molar-refractivity contribution is 5.13. The van der Waals surface area contributed by atoms with Crippen LogP contribution < -0.4 is 10.9 Å². The molecule has 1 heterocycles. The summed E-state index contributed by atoms with van der Waals surface area (Å²) in [5.74, 6) is 0.758. The summed E-state index contributed by atoms with van der Waals surface area (Å²) in [5.41, 5.74) is -1.18. The molecule has 1 aliphatic carbocycles. The summed E-state index contributed by atoms with van der Waals surface area (Å²) in [4.78, 5) is 11.6. The van der Waals surface area contributed by atoms with Gasteiger partial charge in [0, 0.05) is 31.4 Å². The lowest BCUT2D eigenvalue weighted by molar-refractivity contribution is -0.138. The fraction of sp³-hybridized carbons (Fsp3) is 0.667. The molecule has 0 bridgehead atoms. The quantitative estimate of drug-likeness (QED) is 0.927. The molecule has 0 radical (unpaired) electrons. The lowest BCUT2D eigenvalue weighted by Crippen LogP contribution is -2.36. The van der Waals surface area contributed by atoms with Crippen molar-refractivity contribution in [3.63, 3.8) is 0 Å². The first-order valence-electron chi connectivity index (χ1n) is 7.37. The SMILES string of the molecule is CC1CCC(NCCn2cc(C(F)(F)F)ccc2=O)CC1. The summed E-state index contributed by atoms with van der Waals surface area (Å²) >= 11 is 0. The first kappa shape index (κ1) is 16.1. The Morgan fingerprint density at radius 1 is 1.24 bits per heavy atom. The summed E-state index contributed by atoms with van der Waals surface area (Å²) in [5, 5.41) is 3.34. The van der Waals surface area contributed by atoms with Crippen LogP contribution in [0, 0.1) is 5.92 Å². The van der Waals surface area contributed by atoms with E-state index in [1.807, 2.05) is 0 Å². The van der Waals surface area contributed by atoms with Crippen LogP contribution in [0.1, 0.15) is 38.2 Å². The van der Waals surface area contributed by atoms with Crippen LogP contribution in [-0.4, -0.2) is 17.2 Å². The molecule has 0 spiro atoms. The van der Waals surface area contributed by atoms with Gasteiger partial charge in [-0.1, -0.05) is 6.92 Å². The molecule has 2 rings (SSSR count). The molecule has 0 aliphatic heterocycles. The highest BCUT2D eigenvalue weighted by atomic mass is 19.4. The zero-order valence-electron chi connectivity index (χ0n) is 12.1. The van der Waals surface area contributed by atoms with E-state index < -0.39 is 17.3 Å². The molecule has 1 N–H and O–H groups in total. The van der Waals surface area contributed by atoms with Crippen molar-refractivity contribution < 1.29 is 13.2 Å². The van der Waals surface area contributed by atoms with Gasteiger partial charge in [0.2, 0.25) is 0 Å². The maximum atomic E-state index is 12.6. The smallest absolute Gasteiger partial charge is 0.314 e. The van der Waals surface area contributed by atoms with Gasteiger partial charge in [-0.15, -0.1) is 0 Å². The molecule has 1 aliphatic rings. The number of aromatic nitrogens is 1. The molecular weight excluding hydrogens is 281 g/mol. The van der Waals surface area contributed by atoms with Crippen LogP contribution in [0.15, 0.2) is 23.1 Å². The molecule has 3 nitrogen and oxygen atoms in total. The average molecular weight is 302 g/mol. The van der Waals surface area contributed by atoms with E-state index >= 15 is 0 Å². The van der Waals surface area contributed by atoms with Crippen molar-refractivity contribution in [3.05, 3.63) is 34.2 Å². The lowest BCUT2D eigenvalue weighted by atomic mass is 9.87. The number of hydrogen-bond acceptors (Lipinski definition) is 2. The molecule has 0 atom stereocenters. The molecule has 1 saturated carbocycles. The Bertz CT molecular complexity index is 516. The predicted octanol–water partition coefficient (Wildman–Crippen LogP) is 3.04. The molecule has 6 heteroatoms. The Kier molecular flexibility index (Phi) is 5.08. The molecule has 0 aromatic carbocycles.